The smallest absolute Gasteiger partial charge is 0.418 e. The minimum Gasteiger partial charge on any atom is -0.497 e. The minimum absolute atomic E-state index is 0.00200. The number of amides is 1. The van der Waals surface area contributed by atoms with E-state index in [0.717, 1.165) is 11.1 Å². The van der Waals surface area contributed by atoms with Crippen LogP contribution in [0.1, 0.15) is 81.3 Å². The third kappa shape index (κ3) is 11.3. The number of nitrogens with one attached hydrogen (secondary N) is 1. The van der Waals surface area contributed by atoms with Gasteiger partial charge in [-0.15, -0.1) is 0 Å². The lowest BCUT2D eigenvalue weighted by molar-refractivity contribution is -0.137. The van der Waals surface area contributed by atoms with E-state index >= 15 is 17.6 Å². The molecule has 0 aliphatic carbocycles. The van der Waals surface area contributed by atoms with Crippen molar-refractivity contribution in [3.05, 3.63) is 112 Å². The van der Waals surface area contributed by atoms with Gasteiger partial charge in [0.05, 0.1) is 60.6 Å². The number of rotatable bonds is 14. The number of aromatic nitrogens is 4. The molecule has 14 nitrogen and oxygen atoms in total. The number of benzene rings is 3. The van der Waals surface area contributed by atoms with Crippen LogP contribution in [-0.2, 0) is 28.7 Å². The van der Waals surface area contributed by atoms with Crippen molar-refractivity contribution in [2.45, 2.75) is 85.3 Å². The van der Waals surface area contributed by atoms with Gasteiger partial charge in [0.15, 0.2) is 11.6 Å². The maximum absolute atomic E-state index is 18.1. The molecule has 0 radical (unpaired) electrons. The molecule has 1 saturated heterocycles. The van der Waals surface area contributed by atoms with Crippen molar-refractivity contribution in [1.82, 2.24) is 19.9 Å². The van der Waals surface area contributed by atoms with Crippen molar-refractivity contribution in [3.63, 3.8) is 0 Å². The molecule has 5 heterocycles. The molecule has 0 spiro atoms. The lowest BCUT2D eigenvalue weighted by Gasteiger charge is -2.33. The van der Waals surface area contributed by atoms with E-state index in [9.17, 15) is 4.79 Å². The van der Waals surface area contributed by atoms with E-state index in [4.69, 9.17) is 50.0 Å². The highest BCUT2D eigenvalue weighted by molar-refractivity contribution is 6.36. The Labute approximate surface area is 414 Å². The summed E-state index contributed by atoms with van der Waals surface area (Å²) in [7, 11) is 3.10. The summed E-state index contributed by atoms with van der Waals surface area (Å²) in [5, 5.41) is 2.28. The fourth-order valence-electron chi connectivity index (χ4n) is 8.73. The zero-order valence-corrected chi connectivity index (χ0v) is 41.6. The number of hydrogen-bond donors (Lipinski definition) is 1. The predicted molar refractivity (Wildman–Crippen MR) is 262 cm³/mol. The number of pyridine rings is 2. The lowest BCUT2D eigenvalue weighted by Crippen LogP contribution is -2.33. The van der Waals surface area contributed by atoms with Crippen LogP contribution in [0.5, 0.6) is 23.3 Å². The Hall–Kier alpha value is -6.66. The third-order valence-corrected chi connectivity index (χ3v) is 12.9. The second-order valence-corrected chi connectivity index (χ2v) is 19.3. The zero-order chi connectivity index (χ0) is 50.8. The Kier molecular flexibility index (Phi) is 14.7. The molecule has 3 aromatic carbocycles. The first-order valence-electron chi connectivity index (χ1n) is 23.1. The number of ether oxygens (including phenoxy) is 6. The molecule has 1 amide bonds. The van der Waals surface area contributed by atoms with Gasteiger partial charge in [0.25, 0.3) is 0 Å². The minimum atomic E-state index is -5.02. The maximum Gasteiger partial charge on any atom is 0.418 e. The van der Waals surface area contributed by atoms with E-state index in [1.165, 1.54) is 19.2 Å². The Bertz CT molecular complexity index is 2850. The molecule has 0 bridgehead atoms. The van der Waals surface area contributed by atoms with Gasteiger partial charge >= 0.3 is 18.3 Å². The van der Waals surface area contributed by atoms with E-state index in [-0.39, 0.29) is 78.4 Å². The molecule has 0 unspecified atom stereocenters. The average Bonchev–Trinajstić information content (AvgIpc) is 3.52. The number of alkyl halides is 3. The standard InChI is InChI=1S/C52H56ClF4N7O7/c1-30-26-37(63(27-32-11-15-34(66-7)16-12-32)28-33-13-17-35(67-8)18-14-33)59-43(40(30)52(55,56)57)38-41(53)45-39-44(42(38)54)60-48(70-29-51(6)19-23-68-24-20-51)62-47(39)64(22-25-69-45)31(2)36-10-9-21-58-46(36)61-49(65)71-50(3,4)5/h9-18,21,26,31H,19-20,22-25,27-29H2,1-8H3,(H,58,61,65)/t31-/m1/s1. The Morgan fingerprint density at radius 2 is 1.58 bits per heavy atom. The zero-order valence-electron chi connectivity index (χ0n) is 40.8. The molecule has 19 heteroatoms. The molecule has 3 aromatic heterocycles. The van der Waals surface area contributed by atoms with E-state index in [1.807, 2.05) is 38.1 Å². The predicted octanol–water partition coefficient (Wildman–Crippen LogP) is 11.9. The number of halogens is 5. The van der Waals surface area contributed by atoms with Crippen molar-refractivity contribution in [3.8, 4) is 34.5 Å². The first-order chi connectivity index (χ1) is 33.8. The summed E-state index contributed by atoms with van der Waals surface area (Å²) < 4.78 is 99.4. The molecule has 8 rings (SSSR count). The van der Waals surface area contributed by atoms with Crippen LogP contribution in [0.2, 0.25) is 5.02 Å². The maximum atomic E-state index is 18.1. The monoisotopic (exact) mass is 1000 g/mol. The molecule has 1 fully saturated rings. The fourth-order valence-corrected chi connectivity index (χ4v) is 9.05. The van der Waals surface area contributed by atoms with Crippen molar-refractivity contribution in [2.24, 2.45) is 5.41 Å². The average molecular weight is 1000 g/mol. The number of carbonyl (C=O) groups excluding carboxylic acids is 1. The molecule has 1 atom stereocenters. The van der Waals surface area contributed by atoms with Gasteiger partial charge in [0, 0.05) is 43.5 Å². The van der Waals surface area contributed by atoms with Crippen LogP contribution >= 0.6 is 11.6 Å². The van der Waals surface area contributed by atoms with E-state index < -0.39 is 57.1 Å². The van der Waals surface area contributed by atoms with Gasteiger partial charge in [0.1, 0.15) is 46.7 Å². The van der Waals surface area contributed by atoms with E-state index in [2.05, 4.69) is 15.3 Å². The van der Waals surface area contributed by atoms with Crippen molar-refractivity contribution in [1.29, 1.82) is 0 Å². The summed E-state index contributed by atoms with van der Waals surface area (Å²) in [4.78, 5) is 35.2. The summed E-state index contributed by atoms with van der Waals surface area (Å²) in [5.41, 5.74) is -2.24. The van der Waals surface area contributed by atoms with Gasteiger partial charge < -0.3 is 38.2 Å². The number of carbonyl (C=O) groups is 1. The van der Waals surface area contributed by atoms with Gasteiger partial charge in [-0.05, 0) is 101 Å². The molecular weight excluding hydrogens is 946 g/mol. The highest BCUT2D eigenvalue weighted by Crippen LogP contribution is 2.51. The van der Waals surface area contributed by atoms with Crippen LogP contribution in [0, 0.1) is 18.2 Å². The first-order valence-corrected chi connectivity index (χ1v) is 23.5. The first kappa shape index (κ1) is 50.7. The molecule has 1 N–H and O–H groups in total. The third-order valence-electron chi connectivity index (χ3n) is 12.5. The van der Waals surface area contributed by atoms with Crippen molar-refractivity contribution >= 4 is 46.1 Å². The summed E-state index contributed by atoms with van der Waals surface area (Å²) in [6.07, 6.45) is -2.89. The van der Waals surface area contributed by atoms with E-state index in [1.54, 1.807) is 81.2 Å². The Morgan fingerprint density at radius 1 is 0.944 bits per heavy atom. The van der Waals surface area contributed by atoms with Gasteiger partial charge in [0.2, 0.25) is 0 Å². The number of aryl methyl sites for hydroxylation is 1. The second-order valence-electron chi connectivity index (χ2n) is 19.0. The van der Waals surface area contributed by atoms with Gasteiger partial charge in [-0.25, -0.2) is 19.2 Å². The SMILES string of the molecule is COc1ccc(CN(Cc2ccc(OC)cc2)c2cc(C)c(C(F)(F)F)c(-c3c(Cl)c4c5c(nc(OCC6(C)CCOCC6)nc5c3F)N([C@H](C)c3cccnc3NC(=O)OC(C)(C)C)CCO4)n2)cc1. The van der Waals surface area contributed by atoms with Gasteiger partial charge in [-0.3, -0.25) is 5.32 Å². The quantitative estimate of drug-likeness (QED) is 0.104. The van der Waals surface area contributed by atoms with Crippen molar-refractivity contribution in [2.75, 3.05) is 62.3 Å². The largest absolute Gasteiger partial charge is 0.497 e. The molecular formula is C52H56ClF4N7O7. The lowest BCUT2D eigenvalue weighted by atomic mass is 9.83. The molecule has 0 saturated carbocycles. The Morgan fingerprint density at radius 3 is 2.17 bits per heavy atom. The second kappa shape index (κ2) is 20.6. The van der Waals surface area contributed by atoms with Crippen LogP contribution in [0.3, 0.4) is 0 Å². The number of methoxy groups -OCH3 is 2. The van der Waals surface area contributed by atoms with E-state index in [0.29, 0.717) is 43.1 Å². The van der Waals surface area contributed by atoms with Crippen LogP contribution in [0.25, 0.3) is 22.2 Å². The van der Waals surface area contributed by atoms with Crippen LogP contribution in [-0.4, -0.2) is 78.8 Å². The highest BCUT2D eigenvalue weighted by Gasteiger charge is 2.41. The molecule has 2 aliphatic rings. The number of nitrogens with zero attached hydrogens (tertiary/aromatic N) is 6. The summed E-state index contributed by atoms with van der Waals surface area (Å²) in [6.45, 7) is 12.0. The highest BCUT2D eigenvalue weighted by atomic mass is 35.5. The van der Waals surface area contributed by atoms with Crippen LogP contribution in [0.4, 0.5) is 39.8 Å². The molecule has 71 heavy (non-hydrogen) atoms. The normalized spacial score (nSPS) is 15.1. The van der Waals surface area contributed by atoms with Gasteiger partial charge in [-0.2, -0.15) is 23.1 Å². The van der Waals surface area contributed by atoms with Crippen LogP contribution < -0.4 is 34.1 Å². The van der Waals surface area contributed by atoms with Crippen molar-refractivity contribution < 1.29 is 50.8 Å². The fraction of sp³-hybridized carbons (Fsp3) is 0.404. The summed E-state index contributed by atoms with van der Waals surface area (Å²) in [6, 6.07) is 18.4. The van der Waals surface area contributed by atoms with Crippen LogP contribution in [0.15, 0.2) is 72.9 Å². The summed E-state index contributed by atoms with van der Waals surface area (Å²) >= 11 is 7.23. The van der Waals surface area contributed by atoms with Gasteiger partial charge in [-0.1, -0.05) is 48.9 Å². The molecule has 376 valence electrons. The Balaban J connectivity index is 1.32. The molecule has 2 aliphatic heterocycles. The molecule has 6 aromatic rings. The topological polar surface area (TPSA) is 143 Å². The summed E-state index contributed by atoms with van der Waals surface area (Å²) in [5.74, 6) is 0.343. The number of hydrogen-bond acceptors (Lipinski definition) is 13. The number of anilines is 3.